The van der Waals surface area contributed by atoms with Crippen LogP contribution in [-0.2, 0) is 11.2 Å². The van der Waals surface area contributed by atoms with Gasteiger partial charge in [-0.05, 0) is 38.0 Å². The third-order valence-corrected chi connectivity index (χ3v) is 3.09. The van der Waals surface area contributed by atoms with Gasteiger partial charge in [-0.15, -0.1) is 24.0 Å². The molecule has 22 heavy (non-hydrogen) atoms. The molecule has 4 nitrogen and oxygen atoms in total. The van der Waals surface area contributed by atoms with Crippen molar-refractivity contribution in [1.29, 1.82) is 0 Å². The average molecular weight is 427 g/mol. The van der Waals surface area contributed by atoms with Crippen LogP contribution in [0.2, 0.25) is 0 Å². The van der Waals surface area contributed by atoms with Crippen molar-refractivity contribution in [3.8, 4) is 0 Å². The highest BCUT2D eigenvalue weighted by molar-refractivity contribution is 14.0. The maximum atomic E-state index is 13.1. The number of hydrogen-bond donors (Lipinski definition) is 2. The van der Waals surface area contributed by atoms with Gasteiger partial charge in [0.25, 0.3) is 0 Å². The summed E-state index contributed by atoms with van der Waals surface area (Å²) in [6, 6.07) is 3.52. The minimum Gasteiger partial charge on any atom is -0.377 e. The van der Waals surface area contributed by atoms with Crippen LogP contribution in [0.5, 0.6) is 0 Å². The minimum atomic E-state index is -0.561. The van der Waals surface area contributed by atoms with Gasteiger partial charge in [-0.2, -0.15) is 0 Å². The number of methoxy groups -OCH3 is 1. The first-order valence-corrected chi connectivity index (χ1v) is 6.81. The third-order valence-electron chi connectivity index (χ3n) is 3.09. The quantitative estimate of drug-likeness (QED) is 0.417. The summed E-state index contributed by atoms with van der Waals surface area (Å²) in [6.07, 6.45) is 0.503. The molecule has 7 heteroatoms. The Hall–Kier alpha value is -0.960. The summed E-state index contributed by atoms with van der Waals surface area (Å²) in [5.74, 6) is -0.499. The summed E-state index contributed by atoms with van der Waals surface area (Å²) in [5, 5.41) is 6.23. The number of hydrogen-bond acceptors (Lipinski definition) is 2. The fourth-order valence-corrected chi connectivity index (χ4v) is 1.67. The Kier molecular flexibility index (Phi) is 9.50. The van der Waals surface area contributed by atoms with E-state index in [4.69, 9.17) is 4.74 Å². The molecule has 0 saturated heterocycles. The molecule has 0 unspecified atom stereocenters. The zero-order chi connectivity index (χ0) is 15.9. The molecule has 0 saturated carbocycles. The van der Waals surface area contributed by atoms with E-state index in [-0.39, 0.29) is 29.6 Å². The zero-order valence-corrected chi connectivity index (χ0v) is 15.7. The molecule has 0 aromatic heterocycles. The van der Waals surface area contributed by atoms with Crippen molar-refractivity contribution in [2.24, 2.45) is 4.99 Å². The van der Waals surface area contributed by atoms with E-state index in [2.05, 4.69) is 15.6 Å². The standard InChI is InChI=1S/C15H23F2N3O.HI/c1-15(2,21-4)10-20-14(18-3)19-6-5-11-7-12(16)9-13(17)8-11;/h7-9H,5-6,10H2,1-4H3,(H2,18,19,20);1H. The van der Waals surface area contributed by atoms with Gasteiger partial charge >= 0.3 is 0 Å². The lowest BCUT2D eigenvalue weighted by Gasteiger charge is -2.24. The van der Waals surface area contributed by atoms with Crippen LogP contribution in [0.4, 0.5) is 8.78 Å². The molecule has 126 valence electrons. The molecule has 1 aromatic rings. The Bertz CT molecular complexity index is 475. The van der Waals surface area contributed by atoms with Crippen LogP contribution >= 0.6 is 24.0 Å². The summed E-state index contributed by atoms with van der Waals surface area (Å²) >= 11 is 0. The van der Waals surface area contributed by atoms with Crippen LogP contribution in [0.3, 0.4) is 0 Å². The van der Waals surface area contributed by atoms with Crippen molar-refractivity contribution in [2.45, 2.75) is 25.9 Å². The molecule has 0 heterocycles. The molecule has 0 aliphatic heterocycles. The maximum Gasteiger partial charge on any atom is 0.191 e. The van der Waals surface area contributed by atoms with E-state index in [0.29, 0.717) is 31.0 Å². The van der Waals surface area contributed by atoms with Crippen LogP contribution in [0.15, 0.2) is 23.2 Å². The third kappa shape index (κ3) is 7.88. The van der Waals surface area contributed by atoms with Crippen LogP contribution in [-0.4, -0.2) is 38.8 Å². The van der Waals surface area contributed by atoms with Gasteiger partial charge < -0.3 is 15.4 Å². The van der Waals surface area contributed by atoms with E-state index in [0.717, 1.165) is 6.07 Å². The second kappa shape index (κ2) is 9.94. The molecule has 0 atom stereocenters. The Balaban J connectivity index is 0.00000441. The number of aliphatic imine (C=N–C) groups is 1. The van der Waals surface area contributed by atoms with Crippen LogP contribution < -0.4 is 10.6 Å². The number of benzene rings is 1. The van der Waals surface area contributed by atoms with Crippen molar-refractivity contribution < 1.29 is 13.5 Å². The van der Waals surface area contributed by atoms with Gasteiger partial charge in [-0.25, -0.2) is 8.78 Å². The number of ether oxygens (including phenoxy) is 1. The van der Waals surface area contributed by atoms with Gasteiger partial charge in [0.05, 0.1) is 5.60 Å². The van der Waals surface area contributed by atoms with Crippen molar-refractivity contribution in [3.05, 3.63) is 35.4 Å². The molecule has 1 aromatic carbocycles. The number of halogens is 3. The highest BCUT2D eigenvalue weighted by atomic mass is 127. The fourth-order valence-electron chi connectivity index (χ4n) is 1.67. The van der Waals surface area contributed by atoms with E-state index in [1.807, 2.05) is 13.8 Å². The van der Waals surface area contributed by atoms with E-state index in [9.17, 15) is 8.78 Å². The molecule has 0 amide bonds. The molecule has 1 rings (SSSR count). The summed E-state index contributed by atoms with van der Waals surface area (Å²) in [5.41, 5.74) is 0.302. The molecule has 0 bridgehead atoms. The minimum absolute atomic E-state index is 0. The Morgan fingerprint density at radius 3 is 2.27 bits per heavy atom. The van der Waals surface area contributed by atoms with Gasteiger partial charge in [0.2, 0.25) is 0 Å². The average Bonchev–Trinajstić information content (AvgIpc) is 2.41. The van der Waals surface area contributed by atoms with Gasteiger partial charge in [0, 0.05) is 33.3 Å². The first-order chi connectivity index (χ1) is 9.86. The summed E-state index contributed by atoms with van der Waals surface area (Å²) in [4.78, 5) is 4.08. The van der Waals surface area contributed by atoms with Crippen molar-refractivity contribution in [3.63, 3.8) is 0 Å². The summed E-state index contributed by atoms with van der Waals surface area (Å²) in [6.45, 7) is 5.04. The van der Waals surface area contributed by atoms with Gasteiger partial charge in [0.15, 0.2) is 5.96 Å². The first kappa shape index (κ1) is 21.0. The normalized spacial score (nSPS) is 11.8. The van der Waals surface area contributed by atoms with E-state index in [1.54, 1.807) is 14.2 Å². The lowest BCUT2D eigenvalue weighted by Crippen LogP contribution is -2.45. The van der Waals surface area contributed by atoms with Crippen molar-refractivity contribution >= 4 is 29.9 Å². The number of rotatable bonds is 6. The monoisotopic (exact) mass is 427 g/mol. The molecule has 0 radical (unpaired) electrons. The number of guanidine groups is 1. The van der Waals surface area contributed by atoms with Gasteiger partial charge in [0.1, 0.15) is 11.6 Å². The van der Waals surface area contributed by atoms with Crippen LogP contribution in [0.1, 0.15) is 19.4 Å². The SMILES string of the molecule is CN=C(NCCc1cc(F)cc(F)c1)NCC(C)(C)OC.I. The molecule has 0 aliphatic rings. The highest BCUT2D eigenvalue weighted by Gasteiger charge is 2.16. The number of nitrogens with zero attached hydrogens (tertiary/aromatic N) is 1. The van der Waals surface area contributed by atoms with Gasteiger partial charge in [-0.1, -0.05) is 0 Å². The lowest BCUT2D eigenvalue weighted by molar-refractivity contribution is 0.0268. The van der Waals surface area contributed by atoms with E-state index in [1.165, 1.54) is 12.1 Å². The molecule has 2 N–H and O–H groups in total. The van der Waals surface area contributed by atoms with Crippen LogP contribution in [0.25, 0.3) is 0 Å². The Morgan fingerprint density at radius 1 is 1.18 bits per heavy atom. The maximum absolute atomic E-state index is 13.1. The molecule has 0 fully saturated rings. The highest BCUT2D eigenvalue weighted by Crippen LogP contribution is 2.08. The topological polar surface area (TPSA) is 45.7 Å². The molecular weight excluding hydrogens is 403 g/mol. The van der Waals surface area contributed by atoms with E-state index >= 15 is 0 Å². The lowest BCUT2D eigenvalue weighted by atomic mass is 10.1. The molecule has 0 aliphatic carbocycles. The zero-order valence-electron chi connectivity index (χ0n) is 13.4. The predicted molar refractivity (Wildman–Crippen MR) is 95.9 cm³/mol. The molecule has 0 spiro atoms. The van der Waals surface area contributed by atoms with Crippen molar-refractivity contribution in [1.82, 2.24) is 10.6 Å². The second-order valence-corrected chi connectivity index (χ2v) is 5.34. The first-order valence-electron chi connectivity index (χ1n) is 6.81. The molecular formula is C15H24F2IN3O. The predicted octanol–water partition coefficient (Wildman–Crippen LogP) is 2.72. The largest absolute Gasteiger partial charge is 0.377 e. The smallest absolute Gasteiger partial charge is 0.191 e. The summed E-state index contributed by atoms with van der Waals surface area (Å²) in [7, 11) is 3.31. The fraction of sp³-hybridized carbons (Fsp3) is 0.533. The van der Waals surface area contributed by atoms with Crippen molar-refractivity contribution in [2.75, 3.05) is 27.2 Å². The Labute approximate surface area is 147 Å². The summed E-state index contributed by atoms with van der Waals surface area (Å²) < 4.78 is 31.4. The second-order valence-electron chi connectivity index (χ2n) is 5.34. The van der Waals surface area contributed by atoms with Gasteiger partial charge in [-0.3, -0.25) is 4.99 Å². The van der Waals surface area contributed by atoms with Crippen LogP contribution in [0, 0.1) is 11.6 Å². The number of nitrogens with one attached hydrogen (secondary N) is 2. The Morgan fingerprint density at radius 2 is 1.77 bits per heavy atom. The van der Waals surface area contributed by atoms with E-state index < -0.39 is 11.6 Å².